The number of carbonyl (C=O) groups excluding carboxylic acids is 2. The average Bonchev–Trinajstić information content (AvgIpc) is 2.62. The Morgan fingerprint density at radius 2 is 1.93 bits per heavy atom. The molecule has 0 saturated carbocycles. The first-order valence-corrected chi connectivity index (χ1v) is 8.80. The second-order valence-electron chi connectivity index (χ2n) is 6.01. The third kappa shape index (κ3) is 5.27. The average molecular weight is 390 g/mol. The fraction of sp³-hybridized carbons (Fsp3) is 0.263. The van der Waals surface area contributed by atoms with Crippen molar-refractivity contribution in [1.82, 2.24) is 4.90 Å². The van der Waals surface area contributed by atoms with E-state index in [-0.39, 0.29) is 28.7 Å². The van der Waals surface area contributed by atoms with Gasteiger partial charge in [0.2, 0.25) is 5.91 Å². The number of halogens is 1. The highest BCUT2D eigenvalue weighted by Crippen LogP contribution is 2.24. The Labute approximate surface area is 162 Å². The lowest BCUT2D eigenvalue weighted by Gasteiger charge is -2.22. The number of carbonyl (C=O) groups is 2. The van der Waals surface area contributed by atoms with Crippen LogP contribution in [0.4, 0.5) is 11.4 Å². The van der Waals surface area contributed by atoms with Gasteiger partial charge in [0.05, 0.1) is 15.5 Å². The maximum Gasteiger partial charge on any atom is 0.270 e. The molecule has 2 aromatic carbocycles. The molecule has 27 heavy (non-hydrogen) atoms. The SMILES string of the molecule is CCCN(CC(=O)Nc1ccccc1C)C(=O)c1ccc([N+](=O)[O-])cc1Cl. The van der Waals surface area contributed by atoms with E-state index in [1.807, 2.05) is 32.0 Å². The Morgan fingerprint density at radius 1 is 1.22 bits per heavy atom. The van der Waals surface area contributed by atoms with E-state index in [2.05, 4.69) is 5.32 Å². The summed E-state index contributed by atoms with van der Waals surface area (Å²) in [7, 11) is 0. The lowest BCUT2D eigenvalue weighted by molar-refractivity contribution is -0.384. The Bertz CT molecular complexity index is 870. The van der Waals surface area contributed by atoms with Crippen LogP contribution in [0.2, 0.25) is 5.02 Å². The molecular weight excluding hydrogens is 370 g/mol. The predicted octanol–water partition coefficient (Wildman–Crippen LogP) is 4.05. The van der Waals surface area contributed by atoms with Crippen LogP contribution in [-0.2, 0) is 4.79 Å². The summed E-state index contributed by atoms with van der Waals surface area (Å²) in [4.78, 5) is 36.8. The van der Waals surface area contributed by atoms with E-state index in [1.54, 1.807) is 6.07 Å². The number of benzene rings is 2. The van der Waals surface area contributed by atoms with Gasteiger partial charge in [-0.05, 0) is 31.0 Å². The van der Waals surface area contributed by atoms with E-state index < -0.39 is 10.8 Å². The van der Waals surface area contributed by atoms with Crippen LogP contribution in [0.1, 0.15) is 29.3 Å². The van der Waals surface area contributed by atoms with Gasteiger partial charge in [0.1, 0.15) is 6.54 Å². The van der Waals surface area contributed by atoms with Crippen LogP contribution in [0.25, 0.3) is 0 Å². The molecular formula is C19H20ClN3O4. The molecule has 0 aliphatic rings. The number of aryl methyl sites for hydroxylation is 1. The van der Waals surface area contributed by atoms with Gasteiger partial charge >= 0.3 is 0 Å². The summed E-state index contributed by atoms with van der Waals surface area (Å²) in [5.74, 6) is -0.777. The molecule has 0 aliphatic heterocycles. The number of anilines is 1. The second-order valence-corrected chi connectivity index (χ2v) is 6.42. The number of nitro groups is 1. The van der Waals surface area contributed by atoms with Gasteiger partial charge in [-0.25, -0.2) is 0 Å². The number of rotatable bonds is 7. The normalized spacial score (nSPS) is 10.3. The van der Waals surface area contributed by atoms with Gasteiger partial charge in [-0.3, -0.25) is 19.7 Å². The van der Waals surface area contributed by atoms with Crippen molar-refractivity contribution in [2.75, 3.05) is 18.4 Å². The number of hydrogen-bond donors (Lipinski definition) is 1. The van der Waals surface area contributed by atoms with Crippen molar-refractivity contribution in [3.63, 3.8) is 0 Å². The molecule has 0 spiro atoms. The summed E-state index contributed by atoms with van der Waals surface area (Å²) in [6.45, 7) is 3.97. The maximum absolute atomic E-state index is 12.8. The monoisotopic (exact) mass is 389 g/mol. The topological polar surface area (TPSA) is 92.6 Å². The molecule has 8 heteroatoms. The van der Waals surface area contributed by atoms with Crippen LogP contribution < -0.4 is 5.32 Å². The van der Waals surface area contributed by atoms with E-state index >= 15 is 0 Å². The Hall–Kier alpha value is -2.93. The fourth-order valence-electron chi connectivity index (χ4n) is 2.56. The van der Waals surface area contributed by atoms with Crippen molar-refractivity contribution in [3.05, 3.63) is 68.7 Å². The summed E-state index contributed by atoms with van der Waals surface area (Å²) in [5.41, 5.74) is 1.52. The number of nitrogens with one attached hydrogen (secondary N) is 1. The van der Waals surface area contributed by atoms with E-state index in [1.165, 1.54) is 17.0 Å². The van der Waals surface area contributed by atoms with Crippen LogP contribution in [0.5, 0.6) is 0 Å². The van der Waals surface area contributed by atoms with Gasteiger partial charge in [0.25, 0.3) is 11.6 Å². The van der Waals surface area contributed by atoms with Crippen LogP contribution in [0, 0.1) is 17.0 Å². The number of nitro benzene ring substituents is 1. The Balaban J connectivity index is 2.16. The lowest BCUT2D eigenvalue weighted by Crippen LogP contribution is -2.38. The highest BCUT2D eigenvalue weighted by molar-refractivity contribution is 6.34. The molecule has 0 unspecified atom stereocenters. The lowest BCUT2D eigenvalue weighted by atomic mass is 10.1. The van der Waals surface area contributed by atoms with E-state index in [0.29, 0.717) is 18.7 Å². The highest BCUT2D eigenvalue weighted by atomic mass is 35.5. The first-order valence-electron chi connectivity index (χ1n) is 8.42. The quantitative estimate of drug-likeness (QED) is 0.571. The van der Waals surface area contributed by atoms with E-state index in [4.69, 9.17) is 11.6 Å². The molecule has 2 amide bonds. The summed E-state index contributed by atoms with van der Waals surface area (Å²) in [5, 5.41) is 13.6. The number of amides is 2. The minimum atomic E-state index is -0.584. The molecule has 1 N–H and O–H groups in total. The van der Waals surface area contributed by atoms with Gasteiger partial charge in [-0.1, -0.05) is 36.7 Å². The minimum Gasteiger partial charge on any atom is -0.329 e. The Kier molecular flexibility index (Phi) is 6.90. The third-order valence-corrected chi connectivity index (χ3v) is 4.24. The molecule has 0 fully saturated rings. The van der Waals surface area contributed by atoms with Gasteiger partial charge in [-0.15, -0.1) is 0 Å². The number of hydrogen-bond acceptors (Lipinski definition) is 4. The van der Waals surface area contributed by atoms with Gasteiger partial charge in [-0.2, -0.15) is 0 Å². The van der Waals surface area contributed by atoms with Crippen LogP contribution in [0.3, 0.4) is 0 Å². The molecule has 0 aliphatic carbocycles. The minimum absolute atomic E-state index is 0.0189. The molecule has 2 aromatic rings. The van der Waals surface area contributed by atoms with Crippen molar-refractivity contribution in [1.29, 1.82) is 0 Å². The van der Waals surface area contributed by atoms with E-state index in [0.717, 1.165) is 11.6 Å². The molecule has 0 aromatic heterocycles. The van der Waals surface area contributed by atoms with E-state index in [9.17, 15) is 19.7 Å². The van der Waals surface area contributed by atoms with Crippen molar-refractivity contribution in [3.8, 4) is 0 Å². The molecule has 0 bridgehead atoms. The zero-order chi connectivity index (χ0) is 20.0. The van der Waals surface area contributed by atoms with Gasteiger partial charge in [0.15, 0.2) is 0 Å². The summed E-state index contributed by atoms with van der Waals surface area (Å²) in [6.07, 6.45) is 0.647. The predicted molar refractivity (Wildman–Crippen MR) is 104 cm³/mol. The smallest absolute Gasteiger partial charge is 0.270 e. The number of non-ortho nitro benzene ring substituents is 1. The third-order valence-electron chi connectivity index (χ3n) is 3.93. The summed E-state index contributed by atoms with van der Waals surface area (Å²) >= 11 is 6.05. The van der Waals surface area contributed by atoms with Gasteiger partial charge < -0.3 is 10.2 Å². The largest absolute Gasteiger partial charge is 0.329 e. The molecule has 0 saturated heterocycles. The van der Waals surface area contributed by atoms with Crippen LogP contribution >= 0.6 is 11.6 Å². The molecule has 0 heterocycles. The summed E-state index contributed by atoms with van der Waals surface area (Å²) < 4.78 is 0. The van der Waals surface area contributed by atoms with Crippen molar-refractivity contribution >= 4 is 34.8 Å². The van der Waals surface area contributed by atoms with Crippen molar-refractivity contribution in [2.24, 2.45) is 0 Å². The number of para-hydroxylation sites is 1. The molecule has 7 nitrogen and oxygen atoms in total. The second kappa shape index (κ2) is 9.14. The first-order chi connectivity index (χ1) is 12.8. The standard InChI is InChI=1S/C19H20ClN3O4/c1-3-10-22(12-18(24)21-17-7-5-4-6-13(17)2)19(25)15-9-8-14(23(26)27)11-16(15)20/h4-9,11H,3,10,12H2,1-2H3,(H,21,24). The molecule has 0 radical (unpaired) electrons. The fourth-order valence-corrected chi connectivity index (χ4v) is 2.82. The summed E-state index contributed by atoms with van der Waals surface area (Å²) in [6, 6.07) is 11.0. The Morgan fingerprint density at radius 3 is 2.52 bits per heavy atom. The first kappa shape index (κ1) is 20.4. The molecule has 2 rings (SSSR count). The zero-order valence-electron chi connectivity index (χ0n) is 15.1. The van der Waals surface area contributed by atoms with Crippen LogP contribution in [-0.4, -0.2) is 34.7 Å². The molecule has 142 valence electrons. The number of nitrogens with zero attached hydrogens (tertiary/aromatic N) is 2. The molecule has 0 atom stereocenters. The zero-order valence-corrected chi connectivity index (χ0v) is 15.8. The van der Waals surface area contributed by atoms with Crippen molar-refractivity contribution in [2.45, 2.75) is 20.3 Å². The van der Waals surface area contributed by atoms with Crippen LogP contribution in [0.15, 0.2) is 42.5 Å². The van der Waals surface area contributed by atoms with Gasteiger partial charge in [0, 0.05) is 24.4 Å². The van der Waals surface area contributed by atoms with Crippen molar-refractivity contribution < 1.29 is 14.5 Å². The highest BCUT2D eigenvalue weighted by Gasteiger charge is 2.22. The maximum atomic E-state index is 12.8.